The molecule has 0 aromatic heterocycles. The van der Waals surface area contributed by atoms with Crippen molar-refractivity contribution < 1.29 is 19.1 Å². The standard InChI is InChI=1S/C31H46N4O4/c1-4-5-6-7-8-9-10-15-30(36)33-25-16-17-27(26(24-25)31(37)32-18-23-38-2)34-19-21-35(22-20-34)28-13-11-12-14-29(28)39-3/h11-14,16-17,24H,4-10,15,18-23H2,1-3H3,(H,32,37)(H,33,36). The first-order chi connectivity index (χ1) is 19.1. The Morgan fingerprint density at radius 1 is 0.846 bits per heavy atom. The van der Waals surface area contributed by atoms with Crippen LogP contribution in [-0.4, -0.2) is 65.4 Å². The molecule has 2 aromatic carbocycles. The molecule has 8 nitrogen and oxygen atoms in total. The minimum Gasteiger partial charge on any atom is -0.495 e. The van der Waals surface area contributed by atoms with Gasteiger partial charge in [-0.15, -0.1) is 0 Å². The number of rotatable bonds is 16. The molecule has 0 unspecified atom stereocenters. The molecule has 1 fully saturated rings. The minimum atomic E-state index is -0.169. The molecule has 2 aromatic rings. The molecule has 0 spiro atoms. The van der Waals surface area contributed by atoms with Gasteiger partial charge in [-0.1, -0.05) is 57.6 Å². The second-order valence-corrected chi connectivity index (χ2v) is 10.0. The fourth-order valence-electron chi connectivity index (χ4n) is 4.98. The van der Waals surface area contributed by atoms with Crippen LogP contribution in [0.1, 0.15) is 68.6 Å². The number of ether oxygens (including phenoxy) is 2. The molecule has 2 amide bonds. The molecule has 8 heteroatoms. The average molecular weight is 539 g/mol. The number of hydrogen-bond donors (Lipinski definition) is 2. The first-order valence-corrected chi connectivity index (χ1v) is 14.4. The molecule has 0 aliphatic carbocycles. The van der Waals surface area contributed by atoms with Crippen LogP contribution in [0, 0.1) is 0 Å². The summed E-state index contributed by atoms with van der Waals surface area (Å²) in [6, 6.07) is 13.7. The molecule has 3 rings (SSSR count). The third-order valence-electron chi connectivity index (χ3n) is 7.17. The molecule has 39 heavy (non-hydrogen) atoms. The van der Waals surface area contributed by atoms with Crippen LogP contribution < -0.4 is 25.2 Å². The van der Waals surface area contributed by atoms with Crippen LogP contribution in [0.5, 0.6) is 5.75 Å². The number of piperazine rings is 1. The third kappa shape index (κ3) is 9.46. The molecule has 1 saturated heterocycles. The van der Waals surface area contributed by atoms with Crippen molar-refractivity contribution in [1.82, 2.24) is 5.32 Å². The fourth-order valence-corrected chi connectivity index (χ4v) is 4.98. The number of nitrogens with one attached hydrogen (secondary N) is 2. The molecule has 1 aliphatic heterocycles. The van der Waals surface area contributed by atoms with Crippen molar-refractivity contribution in [3.8, 4) is 5.75 Å². The van der Waals surface area contributed by atoms with Crippen molar-refractivity contribution in [3.63, 3.8) is 0 Å². The summed E-state index contributed by atoms with van der Waals surface area (Å²) in [4.78, 5) is 30.3. The number of unbranched alkanes of at least 4 members (excludes halogenated alkanes) is 6. The molecule has 214 valence electrons. The molecule has 0 radical (unpaired) electrons. The van der Waals surface area contributed by atoms with E-state index in [-0.39, 0.29) is 11.8 Å². The Morgan fingerprint density at radius 3 is 2.21 bits per heavy atom. The highest BCUT2D eigenvalue weighted by atomic mass is 16.5. The van der Waals surface area contributed by atoms with Gasteiger partial charge in [-0.3, -0.25) is 9.59 Å². The number of amides is 2. The predicted octanol–water partition coefficient (Wildman–Crippen LogP) is 5.48. The summed E-state index contributed by atoms with van der Waals surface area (Å²) >= 11 is 0. The topological polar surface area (TPSA) is 83.1 Å². The molecular formula is C31H46N4O4. The first kappa shape index (κ1) is 30.3. The lowest BCUT2D eigenvalue weighted by Crippen LogP contribution is -2.47. The van der Waals surface area contributed by atoms with Crippen LogP contribution >= 0.6 is 0 Å². The fraction of sp³-hybridized carbons (Fsp3) is 0.548. The van der Waals surface area contributed by atoms with Gasteiger partial charge in [-0.25, -0.2) is 0 Å². The van der Waals surface area contributed by atoms with Crippen molar-refractivity contribution in [2.24, 2.45) is 0 Å². The number of carbonyl (C=O) groups is 2. The number of para-hydroxylation sites is 2. The van der Waals surface area contributed by atoms with Crippen molar-refractivity contribution in [2.45, 2.75) is 58.3 Å². The maximum absolute atomic E-state index is 13.2. The predicted molar refractivity (Wildman–Crippen MR) is 159 cm³/mol. The van der Waals surface area contributed by atoms with E-state index in [4.69, 9.17) is 9.47 Å². The van der Waals surface area contributed by atoms with Crippen molar-refractivity contribution >= 4 is 28.9 Å². The summed E-state index contributed by atoms with van der Waals surface area (Å²) in [5.41, 5.74) is 3.16. The molecule has 0 bridgehead atoms. The van der Waals surface area contributed by atoms with Gasteiger partial charge in [0.15, 0.2) is 0 Å². The zero-order chi connectivity index (χ0) is 27.9. The van der Waals surface area contributed by atoms with E-state index >= 15 is 0 Å². The zero-order valence-corrected chi connectivity index (χ0v) is 24.0. The van der Waals surface area contributed by atoms with Crippen molar-refractivity contribution in [1.29, 1.82) is 0 Å². The van der Waals surface area contributed by atoms with E-state index in [9.17, 15) is 9.59 Å². The normalized spacial score (nSPS) is 13.3. The number of benzene rings is 2. The highest BCUT2D eigenvalue weighted by molar-refractivity contribution is 6.02. The largest absolute Gasteiger partial charge is 0.495 e. The van der Waals surface area contributed by atoms with Crippen LogP contribution in [0.15, 0.2) is 42.5 Å². The van der Waals surface area contributed by atoms with Crippen LogP contribution in [0.2, 0.25) is 0 Å². The molecule has 2 N–H and O–H groups in total. The Kier molecular flexibility index (Phi) is 12.9. The highest BCUT2D eigenvalue weighted by Gasteiger charge is 2.23. The van der Waals surface area contributed by atoms with Gasteiger partial charge < -0.3 is 29.9 Å². The van der Waals surface area contributed by atoms with Crippen LogP contribution in [0.4, 0.5) is 17.1 Å². The lowest BCUT2D eigenvalue weighted by atomic mass is 10.1. The Labute approximate surface area is 234 Å². The molecule has 1 heterocycles. The maximum Gasteiger partial charge on any atom is 0.253 e. The van der Waals surface area contributed by atoms with Crippen LogP contribution in [0.25, 0.3) is 0 Å². The Hall–Kier alpha value is -3.26. The summed E-state index contributed by atoms with van der Waals surface area (Å²) in [6.45, 7) is 6.22. The van der Waals surface area contributed by atoms with Crippen molar-refractivity contribution in [3.05, 3.63) is 48.0 Å². The quantitative estimate of drug-likeness (QED) is 0.276. The van der Waals surface area contributed by atoms with Gasteiger partial charge in [0.1, 0.15) is 5.75 Å². The molecule has 1 aliphatic rings. The van der Waals surface area contributed by atoms with Gasteiger partial charge >= 0.3 is 0 Å². The van der Waals surface area contributed by atoms with E-state index in [0.717, 1.165) is 56.1 Å². The van der Waals surface area contributed by atoms with Crippen LogP contribution in [-0.2, 0) is 9.53 Å². The summed E-state index contributed by atoms with van der Waals surface area (Å²) in [7, 11) is 3.30. The monoisotopic (exact) mass is 538 g/mol. The van der Waals surface area contributed by atoms with Gasteiger partial charge in [0.05, 0.1) is 25.0 Å². The summed E-state index contributed by atoms with van der Waals surface area (Å²) in [5, 5.41) is 5.94. The summed E-state index contributed by atoms with van der Waals surface area (Å²) in [5.74, 6) is 0.686. The Morgan fingerprint density at radius 2 is 1.51 bits per heavy atom. The summed E-state index contributed by atoms with van der Waals surface area (Å²) < 4.78 is 10.6. The number of nitrogens with zero attached hydrogens (tertiary/aromatic N) is 2. The molecule has 0 saturated carbocycles. The SMILES string of the molecule is CCCCCCCCCC(=O)Nc1ccc(N2CCN(c3ccccc3OC)CC2)c(C(=O)NCCOC)c1. The molecule has 0 atom stereocenters. The van der Waals surface area contributed by atoms with E-state index in [0.29, 0.717) is 30.8 Å². The van der Waals surface area contributed by atoms with Gasteiger partial charge in [-0.2, -0.15) is 0 Å². The van der Waals surface area contributed by atoms with Gasteiger partial charge in [0, 0.05) is 57.6 Å². The minimum absolute atomic E-state index is 0.00697. The third-order valence-corrected chi connectivity index (χ3v) is 7.17. The van der Waals surface area contributed by atoms with Gasteiger partial charge in [0.2, 0.25) is 5.91 Å². The number of methoxy groups -OCH3 is 2. The summed E-state index contributed by atoms with van der Waals surface area (Å²) in [6.07, 6.45) is 8.68. The molecular weight excluding hydrogens is 492 g/mol. The Balaban J connectivity index is 1.63. The lowest BCUT2D eigenvalue weighted by Gasteiger charge is -2.38. The lowest BCUT2D eigenvalue weighted by molar-refractivity contribution is -0.116. The maximum atomic E-state index is 13.2. The second kappa shape index (κ2) is 16.6. The second-order valence-electron chi connectivity index (χ2n) is 10.0. The van der Waals surface area contributed by atoms with E-state index < -0.39 is 0 Å². The van der Waals surface area contributed by atoms with Crippen LogP contribution in [0.3, 0.4) is 0 Å². The van der Waals surface area contributed by atoms with E-state index in [1.54, 1.807) is 20.3 Å². The van der Waals surface area contributed by atoms with Gasteiger partial charge in [0.25, 0.3) is 5.91 Å². The smallest absolute Gasteiger partial charge is 0.253 e. The van der Waals surface area contributed by atoms with E-state index in [1.165, 1.54) is 32.1 Å². The highest BCUT2D eigenvalue weighted by Crippen LogP contribution is 2.31. The van der Waals surface area contributed by atoms with E-state index in [1.807, 2.05) is 30.3 Å². The van der Waals surface area contributed by atoms with E-state index in [2.05, 4.69) is 33.4 Å². The van der Waals surface area contributed by atoms with Gasteiger partial charge in [-0.05, 0) is 36.8 Å². The Bertz CT molecular complexity index is 1040. The number of anilines is 3. The number of hydrogen-bond acceptors (Lipinski definition) is 6. The number of carbonyl (C=O) groups excluding carboxylic acids is 2. The zero-order valence-electron chi connectivity index (χ0n) is 24.0. The van der Waals surface area contributed by atoms with Crippen molar-refractivity contribution in [2.75, 3.05) is 68.7 Å². The first-order valence-electron chi connectivity index (χ1n) is 14.4. The average Bonchev–Trinajstić information content (AvgIpc) is 2.97.